The summed E-state index contributed by atoms with van der Waals surface area (Å²) in [5, 5.41) is 0.848. The van der Waals surface area contributed by atoms with E-state index < -0.39 is 38.2 Å². The van der Waals surface area contributed by atoms with Crippen LogP contribution in [0, 0.1) is 11.6 Å². The van der Waals surface area contributed by atoms with Gasteiger partial charge in [-0.15, -0.1) is 0 Å². The van der Waals surface area contributed by atoms with Crippen molar-refractivity contribution in [3.63, 3.8) is 0 Å². The Morgan fingerprint density at radius 3 is 2.42 bits per heavy atom. The summed E-state index contributed by atoms with van der Waals surface area (Å²) in [6.45, 7) is 1.92. The molecule has 9 nitrogen and oxygen atoms in total. The summed E-state index contributed by atoms with van der Waals surface area (Å²) in [7, 11) is -0.152. The number of hydrogen-bond donors (Lipinski definition) is 0. The third-order valence-electron chi connectivity index (χ3n) is 5.83. The molecule has 2 aromatic rings. The van der Waals surface area contributed by atoms with Gasteiger partial charge in [0.1, 0.15) is 10.7 Å². The van der Waals surface area contributed by atoms with Gasteiger partial charge < -0.3 is 19.4 Å². The molecule has 0 spiro atoms. The Balaban J connectivity index is 1.37. The van der Waals surface area contributed by atoms with E-state index in [0.29, 0.717) is 31.0 Å². The smallest absolute Gasteiger partial charge is 0.263 e. The van der Waals surface area contributed by atoms with Crippen LogP contribution in [0.2, 0.25) is 0 Å². The third-order valence-corrected chi connectivity index (χ3v) is 7.71. The molecule has 2 aliphatic rings. The van der Waals surface area contributed by atoms with E-state index in [4.69, 9.17) is 4.74 Å². The number of amides is 1. The molecule has 1 aromatic carbocycles. The Kier molecular flexibility index (Phi) is 6.45. The van der Waals surface area contributed by atoms with Gasteiger partial charge in [-0.1, -0.05) is 0 Å². The van der Waals surface area contributed by atoms with Crippen molar-refractivity contribution in [2.75, 3.05) is 49.8 Å². The van der Waals surface area contributed by atoms with Crippen molar-refractivity contribution in [1.82, 2.24) is 14.3 Å². The number of nitrogens with zero attached hydrogens (tertiary/aromatic N) is 5. The fraction of sp³-hybridized carbons (Fsp3) is 0.550. The second-order valence-electron chi connectivity index (χ2n) is 8.40. The number of carbonyl (C=O) groups excluding carboxylic acids is 1. The zero-order valence-electron chi connectivity index (χ0n) is 18.5. The van der Waals surface area contributed by atoms with E-state index in [1.54, 1.807) is 4.90 Å². The quantitative estimate of drug-likeness (QED) is 0.593. The van der Waals surface area contributed by atoms with Gasteiger partial charge in [0.15, 0.2) is 27.5 Å². The number of hydrogen-bond acceptors (Lipinski definition) is 9. The molecule has 2 saturated heterocycles. The van der Waals surface area contributed by atoms with Crippen molar-refractivity contribution in [2.24, 2.45) is 0 Å². The molecule has 180 valence electrons. The molecule has 2 fully saturated rings. The number of anilines is 2. The van der Waals surface area contributed by atoms with E-state index in [1.165, 1.54) is 11.5 Å². The van der Waals surface area contributed by atoms with E-state index in [-0.39, 0.29) is 11.9 Å². The van der Waals surface area contributed by atoms with Crippen LogP contribution in [0.5, 0.6) is 5.75 Å². The summed E-state index contributed by atoms with van der Waals surface area (Å²) in [6.07, 6.45) is 1.70. The largest absolute Gasteiger partial charge is 0.477 e. The van der Waals surface area contributed by atoms with Crippen molar-refractivity contribution in [3.8, 4) is 5.75 Å². The van der Waals surface area contributed by atoms with E-state index in [0.717, 1.165) is 37.3 Å². The fourth-order valence-electron chi connectivity index (χ4n) is 4.07. The van der Waals surface area contributed by atoms with Crippen LogP contribution in [0.1, 0.15) is 19.3 Å². The summed E-state index contributed by atoms with van der Waals surface area (Å²) in [4.78, 5) is 22.4. The third kappa shape index (κ3) is 4.88. The first-order valence-corrected chi connectivity index (χ1v) is 13.1. The van der Waals surface area contributed by atoms with E-state index in [2.05, 4.69) is 14.3 Å². The van der Waals surface area contributed by atoms with Gasteiger partial charge in [0, 0.05) is 70.0 Å². The standard InChI is InChI=1S/C20H25F2N5O4S2/c1-25(2)19-23-20(32-24-19)26-7-4-12(5-8-26)27-9-6-15(18(27)28)31-16-10-14(22)17(11-13(16)21)33(3,29)30/h10-12,15H,4-9H2,1-3H3/t15-/m0/s1. The molecule has 1 amide bonds. The summed E-state index contributed by atoms with van der Waals surface area (Å²) in [5.74, 6) is -2.21. The number of ether oxygens (including phenoxy) is 1. The molecule has 0 bridgehead atoms. The summed E-state index contributed by atoms with van der Waals surface area (Å²) in [6, 6.07) is 1.30. The van der Waals surface area contributed by atoms with Gasteiger partial charge in [0.25, 0.3) is 5.91 Å². The monoisotopic (exact) mass is 501 g/mol. The number of benzene rings is 1. The first-order chi connectivity index (χ1) is 15.5. The fourth-order valence-corrected chi connectivity index (χ4v) is 5.59. The van der Waals surface area contributed by atoms with Crippen molar-refractivity contribution in [1.29, 1.82) is 0 Å². The van der Waals surface area contributed by atoms with E-state index in [1.807, 2.05) is 19.0 Å². The normalized spacial score (nSPS) is 19.9. The predicted molar refractivity (Wildman–Crippen MR) is 120 cm³/mol. The molecule has 13 heteroatoms. The van der Waals surface area contributed by atoms with Crippen molar-refractivity contribution < 1.29 is 26.7 Å². The maximum Gasteiger partial charge on any atom is 0.263 e. The Bertz CT molecular complexity index is 1150. The number of carbonyl (C=O) groups is 1. The number of sulfone groups is 1. The minimum Gasteiger partial charge on any atom is -0.477 e. The van der Waals surface area contributed by atoms with Gasteiger partial charge in [0.05, 0.1) is 0 Å². The number of rotatable bonds is 6. The van der Waals surface area contributed by atoms with Crippen LogP contribution >= 0.6 is 11.5 Å². The van der Waals surface area contributed by atoms with Crippen LogP contribution in [0.15, 0.2) is 17.0 Å². The average Bonchev–Trinajstić information content (AvgIpc) is 3.38. The molecule has 33 heavy (non-hydrogen) atoms. The van der Waals surface area contributed by atoms with Gasteiger partial charge in [-0.25, -0.2) is 17.2 Å². The Hall–Kier alpha value is -2.54. The first-order valence-electron chi connectivity index (χ1n) is 10.5. The maximum atomic E-state index is 14.3. The topological polar surface area (TPSA) is 95.9 Å². The maximum absolute atomic E-state index is 14.3. The lowest BCUT2D eigenvalue weighted by Gasteiger charge is -2.36. The van der Waals surface area contributed by atoms with Crippen LogP contribution < -0.4 is 14.5 Å². The SMILES string of the molecule is CN(C)c1nsc(N2CCC(N3CC[C@H](Oc4cc(F)c(S(C)(=O)=O)cc4F)C3=O)CC2)n1. The van der Waals surface area contributed by atoms with Gasteiger partial charge in [-0.05, 0) is 18.9 Å². The van der Waals surface area contributed by atoms with Crippen LogP contribution in [-0.4, -0.2) is 80.7 Å². The highest BCUT2D eigenvalue weighted by Gasteiger charge is 2.39. The second kappa shape index (κ2) is 9.01. The molecule has 4 rings (SSSR count). The Labute approximate surface area is 195 Å². The van der Waals surface area contributed by atoms with Gasteiger partial charge in [-0.2, -0.15) is 9.36 Å². The number of piperidine rings is 1. The molecule has 0 aliphatic carbocycles. The lowest BCUT2D eigenvalue weighted by molar-refractivity contribution is -0.135. The minimum atomic E-state index is -3.92. The Morgan fingerprint density at radius 2 is 1.82 bits per heavy atom. The van der Waals surface area contributed by atoms with Crippen LogP contribution in [0.25, 0.3) is 0 Å². The average molecular weight is 502 g/mol. The summed E-state index contributed by atoms with van der Waals surface area (Å²) >= 11 is 1.34. The van der Waals surface area contributed by atoms with E-state index in [9.17, 15) is 22.0 Å². The number of aromatic nitrogens is 2. The van der Waals surface area contributed by atoms with Crippen LogP contribution in [0.4, 0.5) is 19.9 Å². The molecule has 0 N–H and O–H groups in total. The van der Waals surface area contributed by atoms with Crippen molar-refractivity contribution in [2.45, 2.75) is 36.3 Å². The Morgan fingerprint density at radius 1 is 1.12 bits per heavy atom. The zero-order valence-corrected chi connectivity index (χ0v) is 20.1. The molecule has 1 atom stereocenters. The molecule has 0 unspecified atom stereocenters. The molecular weight excluding hydrogens is 476 g/mol. The molecule has 2 aliphatic heterocycles. The lowest BCUT2D eigenvalue weighted by atomic mass is 10.0. The molecule has 0 saturated carbocycles. The summed E-state index contributed by atoms with van der Waals surface area (Å²) in [5.41, 5.74) is 0. The predicted octanol–water partition coefficient (Wildman–Crippen LogP) is 1.93. The minimum absolute atomic E-state index is 0.0257. The second-order valence-corrected chi connectivity index (χ2v) is 11.1. The molecular formula is C20H25F2N5O4S2. The highest BCUT2D eigenvalue weighted by molar-refractivity contribution is 7.90. The van der Waals surface area contributed by atoms with Crippen molar-refractivity contribution in [3.05, 3.63) is 23.8 Å². The first kappa shape index (κ1) is 23.6. The highest BCUT2D eigenvalue weighted by atomic mass is 32.2. The molecule has 1 aromatic heterocycles. The van der Waals surface area contributed by atoms with Crippen molar-refractivity contribution >= 4 is 38.4 Å². The number of likely N-dealkylation sites (tertiary alicyclic amines) is 1. The van der Waals surface area contributed by atoms with Gasteiger partial charge in [0.2, 0.25) is 11.1 Å². The van der Waals surface area contributed by atoms with Crippen LogP contribution in [-0.2, 0) is 14.6 Å². The highest BCUT2D eigenvalue weighted by Crippen LogP contribution is 2.31. The van der Waals surface area contributed by atoms with E-state index >= 15 is 0 Å². The summed E-state index contributed by atoms with van der Waals surface area (Å²) < 4.78 is 61.4. The lowest BCUT2D eigenvalue weighted by Crippen LogP contribution is -2.47. The molecule has 0 radical (unpaired) electrons. The van der Waals surface area contributed by atoms with Crippen LogP contribution in [0.3, 0.4) is 0 Å². The zero-order chi connectivity index (χ0) is 23.9. The molecule has 3 heterocycles. The van der Waals surface area contributed by atoms with Gasteiger partial charge in [-0.3, -0.25) is 4.79 Å². The van der Waals surface area contributed by atoms with Gasteiger partial charge >= 0.3 is 0 Å². The number of halogens is 2.